The molecule has 3 aromatic rings. The molecule has 0 spiro atoms. The number of H-pyrrole nitrogens is 1. The summed E-state index contributed by atoms with van der Waals surface area (Å²) in [6.07, 6.45) is 1.99. The molecule has 17 heavy (non-hydrogen) atoms. The van der Waals surface area contributed by atoms with E-state index < -0.39 is 0 Å². The summed E-state index contributed by atoms with van der Waals surface area (Å²) in [6, 6.07) is 12.8. The summed E-state index contributed by atoms with van der Waals surface area (Å²) in [7, 11) is 0. The summed E-state index contributed by atoms with van der Waals surface area (Å²) < 4.78 is 0. The fourth-order valence-electron chi connectivity index (χ4n) is 2.03. The van der Waals surface area contributed by atoms with Crippen LogP contribution in [-0.4, -0.2) is 4.98 Å². The van der Waals surface area contributed by atoms with Crippen molar-refractivity contribution in [1.82, 2.24) is 10.3 Å². The molecule has 0 fully saturated rings. The Balaban J connectivity index is 1.70. The van der Waals surface area contributed by atoms with Gasteiger partial charge in [0, 0.05) is 29.7 Å². The number of thiophene rings is 1. The van der Waals surface area contributed by atoms with Gasteiger partial charge in [-0.2, -0.15) is 0 Å². The summed E-state index contributed by atoms with van der Waals surface area (Å²) in [4.78, 5) is 4.67. The van der Waals surface area contributed by atoms with Crippen LogP contribution in [0.25, 0.3) is 10.9 Å². The average Bonchev–Trinajstić information content (AvgIpc) is 2.99. The average molecular weight is 242 g/mol. The van der Waals surface area contributed by atoms with E-state index in [0.29, 0.717) is 0 Å². The number of rotatable bonds is 4. The zero-order valence-corrected chi connectivity index (χ0v) is 10.3. The Kier molecular flexibility index (Phi) is 2.94. The van der Waals surface area contributed by atoms with Crippen molar-refractivity contribution >= 4 is 22.2 Å². The van der Waals surface area contributed by atoms with Crippen LogP contribution < -0.4 is 5.32 Å². The maximum absolute atomic E-state index is 3.48. The molecule has 2 nitrogen and oxygen atoms in total. The summed E-state index contributed by atoms with van der Waals surface area (Å²) in [5.74, 6) is 0. The Labute approximate surface area is 104 Å². The van der Waals surface area contributed by atoms with Crippen molar-refractivity contribution in [3.05, 3.63) is 58.4 Å². The minimum atomic E-state index is 0.899. The third-order valence-electron chi connectivity index (χ3n) is 2.87. The molecule has 0 amide bonds. The van der Waals surface area contributed by atoms with Crippen LogP contribution in [0.4, 0.5) is 0 Å². The predicted molar refractivity (Wildman–Crippen MR) is 73.2 cm³/mol. The van der Waals surface area contributed by atoms with Gasteiger partial charge in [0.2, 0.25) is 0 Å². The number of fused-ring (bicyclic) bond motifs is 1. The molecule has 86 valence electrons. The lowest BCUT2D eigenvalue weighted by molar-refractivity contribution is 0.703. The third kappa shape index (κ3) is 2.25. The molecule has 3 heteroatoms. The standard InChI is InChI=1S/C14H14N2S/c1-3-11-6-7-16-14(11)12(4-1)9-15-10-13-5-2-8-17-13/h1-8,15-16H,9-10H2. The Morgan fingerprint density at radius 1 is 1.06 bits per heavy atom. The van der Waals surface area contributed by atoms with Gasteiger partial charge in [-0.1, -0.05) is 24.3 Å². The molecule has 0 saturated carbocycles. The highest BCUT2D eigenvalue weighted by atomic mass is 32.1. The second-order valence-electron chi connectivity index (χ2n) is 4.04. The summed E-state index contributed by atoms with van der Waals surface area (Å²) in [5.41, 5.74) is 2.57. The molecule has 0 saturated heterocycles. The third-order valence-corrected chi connectivity index (χ3v) is 3.74. The second kappa shape index (κ2) is 4.73. The van der Waals surface area contributed by atoms with Gasteiger partial charge in [-0.05, 0) is 28.5 Å². The number of hydrogen-bond donors (Lipinski definition) is 2. The smallest absolute Gasteiger partial charge is 0.0499 e. The van der Waals surface area contributed by atoms with E-state index in [1.54, 1.807) is 11.3 Å². The molecule has 2 heterocycles. The van der Waals surface area contributed by atoms with E-state index in [0.717, 1.165) is 13.1 Å². The Morgan fingerprint density at radius 2 is 2.06 bits per heavy atom. The second-order valence-corrected chi connectivity index (χ2v) is 5.07. The zero-order chi connectivity index (χ0) is 11.5. The molecular formula is C14H14N2S. The first kappa shape index (κ1) is 10.6. The SMILES string of the molecule is c1csc(CNCc2cccc3cc[nH]c23)c1. The van der Waals surface area contributed by atoms with Crippen molar-refractivity contribution in [3.8, 4) is 0 Å². The Bertz CT molecular complexity index is 596. The van der Waals surface area contributed by atoms with Gasteiger partial charge < -0.3 is 10.3 Å². The quantitative estimate of drug-likeness (QED) is 0.720. The Morgan fingerprint density at radius 3 is 2.94 bits per heavy atom. The lowest BCUT2D eigenvalue weighted by Gasteiger charge is -2.05. The van der Waals surface area contributed by atoms with Crippen molar-refractivity contribution in [3.63, 3.8) is 0 Å². The van der Waals surface area contributed by atoms with E-state index in [1.165, 1.54) is 21.3 Å². The highest BCUT2D eigenvalue weighted by molar-refractivity contribution is 7.09. The molecule has 0 unspecified atom stereocenters. The van der Waals surface area contributed by atoms with E-state index in [2.05, 4.69) is 52.1 Å². The van der Waals surface area contributed by atoms with E-state index in [-0.39, 0.29) is 0 Å². The maximum atomic E-state index is 3.48. The highest BCUT2D eigenvalue weighted by Gasteiger charge is 2.01. The molecule has 2 aromatic heterocycles. The maximum Gasteiger partial charge on any atom is 0.0499 e. The molecule has 3 rings (SSSR count). The van der Waals surface area contributed by atoms with Crippen molar-refractivity contribution < 1.29 is 0 Å². The van der Waals surface area contributed by atoms with Crippen molar-refractivity contribution in [2.45, 2.75) is 13.1 Å². The topological polar surface area (TPSA) is 27.8 Å². The molecule has 0 radical (unpaired) electrons. The fraction of sp³-hybridized carbons (Fsp3) is 0.143. The molecule has 0 atom stereocenters. The van der Waals surface area contributed by atoms with Gasteiger partial charge in [-0.25, -0.2) is 0 Å². The highest BCUT2D eigenvalue weighted by Crippen LogP contribution is 2.17. The normalized spacial score (nSPS) is 11.1. The van der Waals surface area contributed by atoms with Crippen LogP contribution in [0.5, 0.6) is 0 Å². The molecule has 1 aromatic carbocycles. The van der Waals surface area contributed by atoms with Crippen LogP contribution >= 0.6 is 11.3 Å². The van der Waals surface area contributed by atoms with Gasteiger partial charge in [-0.15, -0.1) is 11.3 Å². The molecule has 0 aliphatic carbocycles. The minimum absolute atomic E-state index is 0.899. The van der Waals surface area contributed by atoms with Crippen LogP contribution in [-0.2, 0) is 13.1 Å². The zero-order valence-electron chi connectivity index (χ0n) is 9.44. The summed E-state index contributed by atoms with van der Waals surface area (Å²) >= 11 is 1.79. The number of hydrogen-bond acceptors (Lipinski definition) is 2. The Hall–Kier alpha value is -1.58. The van der Waals surface area contributed by atoms with Gasteiger partial charge >= 0.3 is 0 Å². The van der Waals surface area contributed by atoms with Crippen LogP contribution in [0.1, 0.15) is 10.4 Å². The number of aromatic amines is 1. The van der Waals surface area contributed by atoms with E-state index >= 15 is 0 Å². The molecule has 0 bridgehead atoms. The number of nitrogens with one attached hydrogen (secondary N) is 2. The minimum Gasteiger partial charge on any atom is -0.361 e. The van der Waals surface area contributed by atoms with Crippen LogP contribution in [0.15, 0.2) is 48.0 Å². The van der Waals surface area contributed by atoms with E-state index in [1.807, 2.05) is 6.20 Å². The molecular weight excluding hydrogens is 228 g/mol. The first-order chi connectivity index (χ1) is 8.43. The fourth-order valence-corrected chi connectivity index (χ4v) is 2.71. The summed E-state index contributed by atoms with van der Waals surface area (Å²) in [6.45, 7) is 1.84. The molecule has 2 N–H and O–H groups in total. The monoisotopic (exact) mass is 242 g/mol. The lowest BCUT2D eigenvalue weighted by Crippen LogP contribution is -2.11. The van der Waals surface area contributed by atoms with Crippen molar-refractivity contribution in [2.24, 2.45) is 0 Å². The summed E-state index contributed by atoms with van der Waals surface area (Å²) in [5, 5.41) is 6.87. The first-order valence-corrected chi connectivity index (χ1v) is 6.59. The van der Waals surface area contributed by atoms with Crippen molar-refractivity contribution in [2.75, 3.05) is 0 Å². The van der Waals surface area contributed by atoms with Gasteiger partial charge in [0.15, 0.2) is 0 Å². The number of benzene rings is 1. The van der Waals surface area contributed by atoms with Crippen LogP contribution in [0, 0.1) is 0 Å². The molecule has 0 aliphatic heterocycles. The predicted octanol–water partition coefficient (Wildman–Crippen LogP) is 3.52. The van der Waals surface area contributed by atoms with Crippen LogP contribution in [0.3, 0.4) is 0 Å². The van der Waals surface area contributed by atoms with Gasteiger partial charge in [0.1, 0.15) is 0 Å². The van der Waals surface area contributed by atoms with Gasteiger partial charge in [-0.3, -0.25) is 0 Å². The van der Waals surface area contributed by atoms with Crippen molar-refractivity contribution in [1.29, 1.82) is 0 Å². The lowest BCUT2D eigenvalue weighted by atomic mass is 10.1. The van der Waals surface area contributed by atoms with E-state index in [9.17, 15) is 0 Å². The number of para-hydroxylation sites is 1. The largest absolute Gasteiger partial charge is 0.361 e. The van der Waals surface area contributed by atoms with E-state index in [4.69, 9.17) is 0 Å². The number of aromatic nitrogens is 1. The van der Waals surface area contributed by atoms with Gasteiger partial charge in [0.05, 0.1) is 0 Å². The first-order valence-electron chi connectivity index (χ1n) is 5.71. The van der Waals surface area contributed by atoms with Gasteiger partial charge in [0.25, 0.3) is 0 Å². The molecule has 0 aliphatic rings. The van der Waals surface area contributed by atoms with Crippen LogP contribution in [0.2, 0.25) is 0 Å².